The lowest BCUT2D eigenvalue weighted by atomic mass is 10.0. The van der Waals surface area contributed by atoms with Crippen molar-refractivity contribution in [1.29, 1.82) is 0 Å². The van der Waals surface area contributed by atoms with Crippen molar-refractivity contribution < 1.29 is 9.59 Å². The van der Waals surface area contributed by atoms with Crippen molar-refractivity contribution in [2.75, 3.05) is 5.32 Å². The Hall–Kier alpha value is -2.98. The molecule has 0 aliphatic rings. The van der Waals surface area contributed by atoms with Gasteiger partial charge in [-0.2, -0.15) is 0 Å². The number of benzene rings is 2. The molecule has 4 heteroatoms. The van der Waals surface area contributed by atoms with E-state index in [2.05, 4.69) is 11.9 Å². The van der Waals surface area contributed by atoms with E-state index in [1.165, 1.54) is 17.4 Å². The molecule has 2 aromatic carbocycles. The molecule has 3 aromatic rings. The van der Waals surface area contributed by atoms with E-state index in [-0.39, 0.29) is 11.7 Å². The van der Waals surface area contributed by atoms with E-state index in [0.29, 0.717) is 11.1 Å². The first-order valence-electron chi connectivity index (χ1n) is 7.40. The van der Waals surface area contributed by atoms with Gasteiger partial charge in [0.15, 0.2) is 5.78 Å². The summed E-state index contributed by atoms with van der Waals surface area (Å²) in [6, 6.07) is 18.4. The first-order chi connectivity index (χ1) is 11.7. The summed E-state index contributed by atoms with van der Waals surface area (Å²) in [6.45, 7) is 3.46. The van der Waals surface area contributed by atoms with Crippen molar-refractivity contribution in [3.8, 4) is 10.4 Å². The molecule has 0 atom stereocenters. The van der Waals surface area contributed by atoms with Gasteiger partial charge in [-0.3, -0.25) is 9.59 Å². The third kappa shape index (κ3) is 3.34. The minimum Gasteiger partial charge on any atom is -0.321 e. The van der Waals surface area contributed by atoms with Crippen LogP contribution in [0.5, 0.6) is 0 Å². The maximum atomic E-state index is 12.4. The molecular formula is C20H15NO2S. The quantitative estimate of drug-likeness (QED) is 0.540. The van der Waals surface area contributed by atoms with Crippen LogP contribution in [0.15, 0.2) is 78.7 Å². The highest BCUT2D eigenvalue weighted by molar-refractivity contribution is 7.14. The lowest BCUT2D eigenvalue weighted by Gasteiger charge is -2.06. The van der Waals surface area contributed by atoms with Crippen molar-refractivity contribution in [3.63, 3.8) is 0 Å². The van der Waals surface area contributed by atoms with Gasteiger partial charge in [-0.15, -0.1) is 11.3 Å². The second-order valence-electron chi connectivity index (χ2n) is 5.13. The molecule has 0 radical (unpaired) electrons. The fourth-order valence-electron chi connectivity index (χ4n) is 2.34. The Morgan fingerprint density at radius 2 is 1.58 bits per heavy atom. The predicted molar refractivity (Wildman–Crippen MR) is 98.5 cm³/mol. The summed E-state index contributed by atoms with van der Waals surface area (Å²) < 4.78 is 0. The molecule has 0 fully saturated rings. The monoisotopic (exact) mass is 333 g/mol. The molecular weight excluding hydrogens is 318 g/mol. The molecule has 0 aliphatic heterocycles. The van der Waals surface area contributed by atoms with Crippen LogP contribution in [0, 0.1) is 0 Å². The van der Waals surface area contributed by atoms with E-state index in [9.17, 15) is 9.59 Å². The van der Waals surface area contributed by atoms with Gasteiger partial charge in [-0.1, -0.05) is 61.2 Å². The zero-order chi connectivity index (χ0) is 16.9. The Bertz CT molecular complexity index is 880. The van der Waals surface area contributed by atoms with E-state index in [1.807, 2.05) is 53.9 Å². The fraction of sp³-hybridized carbons (Fsp3) is 0. The molecule has 1 aromatic heterocycles. The van der Waals surface area contributed by atoms with Crippen LogP contribution >= 0.6 is 11.3 Å². The molecule has 3 nitrogen and oxygen atoms in total. The molecule has 1 N–H and O–H groups in total. The van der Waals surface area contributed by atoms with E-state index in [4.69, 9.17) is 0 Å². The molecule has 3 rings (SSSR count). The van der Waals surface area contributed by atoms with Crippen LogP contribution in [0.2, 0.25) is 0 Å². The standard InChI is InChI=1S/C20H15NO2S/c1-2-18(22)21-17-12-13-24-20(17)16-10-8-15(9-11-16)19(23)14-6-4-3-5-7-14/h2-13H,1H2,(H,21,22). The fourth-order valence-corrected chi connectivity index (χ4v) is 3.20. The summed E-state index contributed by atoms with van der Waals surface area (Å²) in [7, 11) is 0. The Labute approximate surface area is 144 Å². The third-order valence-electron chi connectivity index (χ3n) is 3.55. The lowest BCUT2D eigenvalue weighted by molar-refractivity contribution is -0.111. The molecule has 118 valence electrons. The molecule has 0 bridgehead atoms. The number of amides is 1. The molecule has 1 heterocycles. The van der Waals surface area contributed by atoms with Crippen LogP contribution in [0.3, 0.4) is 0 Å². The highest BCUT2D eigenvalue weighted by atomic mass is 32.1. The summed E-state index contributed by atoms with van der Waals surface area (Å²) in [5.41, 5.74) is 3.00. The van der Waals surface area contributed by atoms with Gasteiger partial charge in [0.2, 0.25) is 5.91 Å². The highest BCUT2D eigenvalue weighted by Gasteiger charge is 2.11. The van der Waals surface area contributed by atoms with Crippen molar-refractivity contribution in [2.45, 2.75) is 0 Å². The van der Waals surface area contributed by atoms with Crippen LogP contribution in [0.25, 0.3) is 10.4 Å². The van der Waals surface area contributed by atoms with Gasteiger partial charge in [-0.05, 0) is 23.1 Å². The SMILES string of the molecule is C=CC(=O)Nc1ccsc1-c1ccc(C(=O)c2ccccc2)cc1. The number of anilines is 1. The zero-order valence-corrected chi connectivity index (χ0v) is 13.7. The van der Waals surface area contributed by atoms with E-state index >= 15 is 0 Å². The third-order valence-corrected chi connectivity index (χ3v) is 4.52. The van der Waals surface area contributed by atoms with Crippen molar-refractivity contribution >= 4 is 28.7 Å². The lowest BCUT2D eigenvalue weighted by Crippen LogP contribution is -2.07. The van der Waals surface area contributed by atoms with Crippen LogP contribution in [-0.2, 0) is 4.79 Å². The molecule has 0 saturated heterocycles. The topological polar surface area (TPSA) is 46.2 Å². The number of carbonyl (C=O) groups excluding carboxylic acids is 2. The second kappa shape index (κ2) is 7.06. The number of thiophene rings is 1. The van der Waals surface area contributed by atoms with Gasteiger partial charge in [0, 0.05) is 11.1 Å². The minimum atomic E-state index is -0.245. The average Bonchev–Trinajstić information content (AvgIpc) is 3.10. The van der Waals surface area contributed by atoms with Crippen molar-refractivity contribution in [3.05, 3.63) is 89.8 Å². The van der Waals surface area contributed by atoms with Crippen LogP contribution < -0.4 is 5.32 Å². The Morgan fingerprint density at radius 3 is 2.25 bits per heavy atom. The number of carbonyl (C=O) groups is 2. The molecule has 0 unspecified atom stereocenters. The summed E-state index contributed by atoms with van der Waals surface area (Å²) in [5, 5.41) is 4.70. The van der Waals surface area contributed by atoms with Gasteiger partial charge >= 0.3 is 0 Å². The smallest absolute Gasteiger partial charge is 0.247 e. The molecule has 0 saturated carbocycles. The van der Waals surface area contributed by atoms with E-state index in [0.717, 1.165) is 16.1 Å². The first kappa shape index (κ1) is 15.9. The number of ketones is 1. The van der Waals surface area contributed by atoms with Gasteiger partial charge in [0.25, 0.3) is 0 Å². The van der Waals surface area contributed by atoms with Crippen LogP contribution in [-0.4, -0.2) is 11.7 Å². The van der Waals surface area contributed by atoms with Crippen LogP contribution in [0.4, 0.5) is 5.69 Å². The summed E-state index contributed by atoms with van der Waals surface area (Å²) >= 11 is 1.53. The van der Waals surface area contributed by atoms with Gasteiger partial charge < -0.3 is 5.32 Å². The maximum absolute atomic E-state index is 12.4. The summed E-state index contributed by atoms with van der Waals surface area (Å²) in [5.74, 6) is -0.251. The maximum Gasteiger partial charge on any atom is 0.247 e. The Morgan fingerprint density at radius 1 is 0.917 bits per heavy atom. The number of rotatable bonds is 5. The number of hydrogen-bond acceptors (Lipinski definition) is 3. The van der Waals surface area contributed by atoms with Gasteiger partial charge in [0.05, 0.1) is 10.6 Å². The zero-order valence-electron chi connectivity index (χ0n) is 12.9. The summed E-state index contributed by atoms with van der Waals surface area (Å²) in [6.07, 6.45) is 1.24. The first-order valence-corrected chi connectivity index (χ1v) is 8.28. The largest absolute Gasteiger partial charge is 0.321 e. The predicted octanol–water partition coefficient (Wildman–Crippen LogP) is 4.77. The summed E-state index contributed by atoms with van der Waals surface area (Å²) in [4.78, 5) is 24.9. The molecule has 1 amide bonds. The molecule has 24 heavy (non-hydrogen) atoms. The van der Waals surface area contributed by atoms with Gasteiger partial charge in [-0.25, -0.2) is 0 Å². The van der Waals surface area contributed by atoms with Crippen molar-refractivity contribution in [1.82, 2.24) is 0 Å². The normalized spacial score (nSPS) is 10.2. The second-order valence-corrected chi connectivity index (χ2v) is 6.05. The van der Waals surface area contributed by atoms with Crippen LogP contribution in [0.1, 0.15) is 15.9 Å². The average molecular weight is 333 g/mol. The number of hydrogen-bond donors (Lipinski definition) is 1. The van der Waals surface area contributed by atoms with E-state index < -0.39 is 0 Å². The highest BCUT2D eigenvalue weighted by Crippen LogP contribution is 2.34. The van der Waals surface area contributed by atoms with Gasteiger partial charge in [0.1, 0.15) is 0 Å². The Kier molecular flexibility index (Phi) is 4.68. The number of nitrogens with one attached hydrogen (secondary N) is 1. The molecule has 0 aliphatic carbocycles. The van der Waals surface area contributed by atoms with E-state index in [1.54, 1.807) is 12.1 Å². The Balaban J connectivity index is 1.85. The molecule has 0 spiro atoms. The van der Waals surface area contributed by atoms with Crippen molar-refractivity contribution in [2.24, 2.45) is 0 Å². The minimum absolute atomic E-state index is 0.00601.